The maximum absolute atomic E-state index is 12.8. The van der Waals surface area contributed by atoms with Gasteiger partial charge in [0.25, 0.3) is 11.8 Å². The molecule has 0 spiro atoms. The molecule has 10 heteroatoms. The topological polar surface area (TPSA) is 68.5 Å². The number of carbonyl (C=O) groups is 1. The number of aromatic nitrogens is 2. The molecule has 6 nitrogen and oxygen atoms in total. The van der Waals surface area contributed by atoms with Crippen LogP contribution in [0, 0.1) is 0 Å². The van der Waals surface area contributed by atoms with E-state index in [-0.39, 0.29) is 29.9 Å². The Morgan fingerprint density at radius 1 is 1.27 bits per heavy atom. The van der Waals surface area contributed by atoms with E-state index in [2.05, 4.69) is 14.9 Å². The van der Waals surface area contributed by atoms with Gasteiger partial charge in [-0.15, -0.1) is 13.2 Å². The molecule has 1 aliphatic carbocycles. The fraction of sp³-hybridized carbons (Fsp3) is 0.350. The van der Waals surface area contributed by atoms with E-state index in [0.29, 0.717) is 16.4 Å². The second-order valence-corrected chi connectivity index (χ2v) is 7.68. The lowest BCUT2D eigenvalue weighted by Gasteiger charge is -2.32. The highest BCUT2D eigenvalue weighted by Crippen LogP contribution is 2.32. The van der Waals surface area contributed by atoms with Crippen LogP contribution in [0.15, 0.2) is 52.8 Å². The predicted molar refractivity (Wildman–Crippen MR) is 103 cm³/mol. The van der Waals surface area contributed by atoms with E-state index in [4.69, 9.17) is 16.1 Å². The van der Waals surface area contributed by atoms with E-state index in [1.165, 1.54) is 23.1 Å². The van der Waals surface area contributed by atoms with Gasteiger partial charge in [0.15, 0.2) is 5.82 Å². The van der Waals surface area contributed by atoms with Crippen LogP contribution in [0.4, 0.5) is 13.2 Å². The van der Waals surface area contributed by atoms with Gasteiger partial charge in [-0.3, -0.25) is 4.79 Å². The number of benzene rings is 1. The van der Waals surface area contributed by atoms with Crippen molar-refractivity contribution in [1.82, 2.24) is 15.0 Å². The van der Waals surface area contributed by atoms with Crippen molar-refractivity contribution in [2.75, 3.05) is 7.05 Å². The lowest BCUT2D eigenvalue weighted by atomic mass is 9.99. The first-order valence-electron chi connectivity index (χ1n) is 8.99. The highest BCUT2D eigenvalue weighted by molar-refractivity contribution is 6.30. The SMILES string of the molecule is CN(C(=O)c1ccc(Cl)cc1)C(C)(C)c1nc(C2C=CC(OC(F)(F)F)=CC2)no1. The van der Waals surface area contributed by atoms with Crippen molar-refractivity contribution in [2.45, 2.75) is 38.1 Å². The van der Waals surface area contributed by atoms with E-state index in [0.717, 1.165) is 0 Å². The predicted octanol–water partition coefficient (Wildman–Crippen LogP) is 5.19. The van der Waals surface area contributed by atoms with Gasteiger partial charge in [-0.2, -0.15) is 4.98 Å². The number of hydrogen-bond acceptors (Lipinski definition) is 5. The molecule has 0 N–H and O–H groups in total. The first-order valence-corrected chi connectivity index (χ1v) is 9.37. The Kier molecular flexibility index (Phi) is 5.94. The molecule has 1 aromatic heterocycles. The lowest BCUT2D eigenvalue weighted by molar-refractivity contribution is -0.303. The van der Waals surface area contributed by atoms with Crippen LogP contribution >= 0.6 is 11.6 Å². The molecule has 2 aromatic rings. The second kappa shape index (κ2) is 8.14. The average Bonchev–Trinajstić information content (AvgIpc) is 3.18. The van der Waals surface area contributed by atoms with Gasteiger partial charge in [-0.05, 0) is 56.7 Å². The highest BCUT2D eigenvalue weighted by atomic mass is 35.5. The quantitative estimate of drug-likeness (QED) is 0.638. The summed E-state index contributed by atoms with van der Waals surface area (Å²) in [5.41, 5.74) is -0.479. The van der Waals surface area contributed by atoms with Gasteiger partial charge in [0.05, 0.1) is 0 Å². The molecule has 30 heavy (non-hydrogen) atoms. The van der Waals surface area contributed by atoms with Gasteiger partial charge in [-0.1, -0.05) is 22.8 Å². The van der Waals surface area contributed by atoms with E-state index in [1.54, 1.807) is 45.2 Å². The number of alkyl halides is 3. The van der Waals surface area contributed by atoms with Gasteiger partial charge < -0.3 is 14.2 Å². The summed E-state index contributed by atoms with van der Waals surface area (Å²) in [4.78, 5) is 18.7. The number of halogens is 4. The normalized spacial score (nSPS) is 16.9. The van der Waals surface area contributed by atoms with Crippen LogP contribution in [0.5, 0.6) is 0 Å². The van der Waals surface area contributed by atoms with Gasteiger partial charge in [0, 0.05) is 23.6 Å². The minimum absolute atomic E-state index is 0.206. The van der Waals surface area contributed by atoms with Crippen molar-refractivity contribution in [1.29, 1.82) is 0 Å². The number of nitrogens with zero attached hydrogens (tertiary/aromatic N) is 3. The maximum atomic E-state index is 12.8. The van der Waals surface area contributed by atoms with Crippen molar-refractivity contribution in [3.05, 3.63) is 70.6 Å². The van der Waals surface area contributed by atoms with Gasteiger partial charge in [-0.25, -0.2) is 0 Å². The first kappa shape index (κ1) is 21.9. The van der Waals surface area contributed by atoms with Crippen LogP contribution in [-0.4, -0.2) is 34.4 Å². The third-order valence-electron chi connectivity index (χ3n) is 4.83. The van der Waals surface area contributed by atoms with Crippen LogP contribution in [0.25, 0.3) is 0 Å². The summed E-state index contributed by atoms with van der Waals surface area (Å²) in [6, 6.07) is 6.49. The molecule has 1 aliphatic rings. The second-order valence-electron chi connectivity index (χ2n) is 7.24. The minimum atomic E-state index is -4.74. The molecule has 1 unspecified atom stereocenters. The summed E-state index contributed by atoms with van der Waals surface area (Å²) < 4.78 is 46.2. The zero-order valence-electron chi connectivity index (χ0n) is 16.4. The minimum Gasteiger partial charge on any atom is -0.406 e. The fourth-order valence-corrected chi connectivity index (χ4v) is 2.94. The van der Waals surface area contributed by atoms with Crippen LogP contribution in [-0.2, 0) is 10.3 Å². The van der Waals surface area contributed by atoms with Crippen molar-refractivity contribution >= 4 is 17.5 Å². The van der Waals surface area contributed by atoms with Crippen LogP contribution in [0.3, 0.4) is 0 Å². The van der Waals surface area contributed by atoms with Crippen molar-refractivity contribution in [3.63, 3.8) is 0 Å². The van der Waals surface area contributed by atoms with Gasteiger partial charge in [0.1, 0.15) is 11.3 Å². The molecule has 0 bridgehead atoms. The number of amides is 1. The first-order chi connectivity index (χ1) is 14.0. The monoisotopic (exact) mass is 441 g/mol. The molecule has 0 fully saturated rings. The molecule has 0 radical (unpaired) electrons. The summed E-state index contributed by atoms with van der Waals surface area (Å²) in [7, 11) is 1.62. The van der Waals surface area contributed by atoms with Crippen molar-refractivity contribution in [3.8, 4) is 0 Å². The summed E-state index contributed by atoms with van der Waals surface area (Å²) in [6.07, 6.45) is -0.464. The summed E-state index contributed by atoms with van der Waals surface area (Å²) in [6.45, 7) is 3.51. The maximum Gasteiger partial charge on any atom is 0.573 e. The molecule has 3 rings (SSSR count). The Bertz CT molecular complexity index is 981. The fourth-order valence-electron chi connectivity index (χ4n) is 2.82. The summed E-state index contributed by atoms with van der Waals surface area (Å²) >= 11 is 5.87. The Morgan fingerprint density at radius 3 is 2.50 bits per heavy atom. The van der Waals surface area contributed by atoms with E-state index in [9.17, 15) is 18.0 Å². The standard InChI is InChI=1S/C20H19ClF3N3O3/c1-19(2,27(3)17(28)13-4-8-14(21)9-5-13)18-25-16(26-30-18)12-6-10-15(11-7-12)29-20(22,23)24/h4-6,8-12H,7H2,1-3H3. The third-order valence-corrected chi connectivity index (χ3v) is 5.08. The van der Waals surface area contributed by atoms with E-state index in [1.807, 2.05) is 0 Å². The highest BCUT2D eigenvalue weighted by Gasteiger charge is 2.37. The Balaban J connectivity index is 1.72. The zero-order chi connectivity index (χ0) is 22.1. The van der Waals surface area contributed by atoms with Crippen LogP contribution < -0.4 is 0 Å². The Hall–Kier alpha value is -2.81. The molecule has 0 saturated carbocycles. The van der Waals surface area contributed by atoms with Crippen molar-refractivity contribution in [2.24, 2.45) is 0 Å². The Morgan fingerprint density at radius 2 is 1.93 bits per heavy atom. The summed E-state index contributed by atoms with van der Waals surface area (Å²) in [5, 5.41) is 4.47. The molecular weight excluding hydrogens is 423 g/mol. The molecule has 0 saturated heterocycles. The average molecular weight is 442 g/mol. The number of hydrogen-bond donors (Lipinski definition) is 0. The number of rotatable bonds is 5. The van der Waals surface area contributed by atoms with E-state index < -0.39 is 11.9 Å². The van der Waals surface area contributed by atoms with Crippen molar-refractivity contribution < 1.29 is 27.2 Å². The van der Waals surface area contributed by atoms with Gasteiger partial charge >= 0.3 is 6.36 Å². The molecule has 1 amide bonds. The molecular formula is C20H19ClF3N3O3. The lowest BCUT2D eigenvalue weighted by Crippen LogP contribution is -2.43. The smallest absolute Gasteiger partial charge is 0.406 e. The Labute approximate surface area is 176 Å². The molecule has 1 aromatic carbocycles. The summed E-state index contributed by atoms with van der Waals surface area (Å²) in [5.74, 6) is -0.390. The van der Waals surface area contributed by atoms with Crippen LogP contribution in [0.1, 0.15) is 48.3 Å². The number of allylic oxidation sites excluding steroid dienone is 3. The third kappa shape index (κ3) is 4.84. The largest absolute Gasteiger partial charge is 0.573 e. The molecule has 0 aliphatic heterocycles. The molecule has 1 atom stereocenters. The number of ether oxygens (including phenoxy) is 1. The zero-order valence-corrected chi connectivity index (χ0v) is 17.2. The molecule has 160 valence electrons. The number of carbonyl (C=O) groups excluding carboxylic acids is 1. The van der Waals surface area contributed by atoms with Gasteiger partial charge in [0.2, 0.25) is 0 Å². The van der Waals surface area contributed by atoms with E-state index >= 15 is 0 Å². The molecule has 1 heterocycles. The van der Waals surface area contributed by atoms with Crippen LogP contribution in [0.2, 0.25) is 5.02 Å².